The Morgan fingerprint density at radius 2 is 1.82 bits per heavy atom. The quantitative estimate of drug-likeness (QED) is 0.361. The molecule has 3 aromatic rings. The molecule has 0 unspecified atom stereocenters. The number of aromatic nitrogens is 2. The summed E-state index contributed by atoms with van der Waals surface area (Å²) < 4.78 is 55.5. The number of hydrogen-bond acceptors (Lipinski definition) is 5. The van der Waals surface area contributed by atoms with Gasteiger partial charge in [-0.2, -0.15) is 23.5 Å². The second kappa shape index (κ2) is 10.8. The summed E-state index contributed by atoms with van der Waals surface area (Å²) in [7, 11) is 0. The van der Waals surface area contributed by atoms with E-state index in [9.17, 15) is 27.6 Å². The maximum Gasteiger partial charge on any atom is 0.411 e. The van der Waals surface area contributed by atoms with E-state index in [-0.39, 0.29) is 23.9 Å². The molecule has 0 radical (unpaired) electrons. The fourth-order valence-electron chi connectivity index (χ4n) is 3.15. The molecule has 0 fully saturated rings. The molecule has 0 bridgehead atoms. The number of halogens is 4. The number of aryl methyl sites for hydroxylation is 1. The van der Waals surface area contributed by atoms with Crippen molar-refractivity contribution >= 4 is 11.7 Å². The third kappa shape index (κ3) is 6.55. The highest BCUT2D eigenvalue weighted by atomic mass is 19.4. The van der Waals surface area contributed by atoms with Crippen molar-refractivity contribution in [3.05, 3.63) is 76.7 Å². The first-order valence-corrected chi connectivity index (χ1v) is 10.2. The monoisotopic (exact) mass is 475 g/mol. The van der Waals surface area contributed by atoms with Crippen molar-refractivity contribution in [3.8, 4) is 11.8 Å². The molecule has 0 aliphatic rings. The Kier molecular flexibility index (Phi) is 7.86. The molecule has 178 valence electrons. The van der Waals surface area contributed by atoms with Crippen LogP contribution in [0.1, 0.15) is 33.6 Å². The van der Waals surface area contributed by atoms with Gasteiger partial charge >= 0.3 is 6.18 Å². The number of alkyl halides is 3. The third-order valence-corrected chi connectivity index (χ3v) is 4.80. The molecule has 1 heterocycles. The van der Waals surface area contributed by atoms with Gasteiger partial charge in [-0.05, 0) is 54.8 Å². The van der Waals surface area contributed by atoms with Gasteiger partial charge in [-0.1, -0.05) is 12.1 Å². The lowest BCUT2D eigenvalue weighted by Crippen LogP contribution is -2.24. The van der Waals surface area contributed by atoms with Gasteiger partial charge in [0.25, 0.3) is 5.91 Å². The van der Waals surface area contributed by atoms with Crippen LogP contribution in [0.15, 0.2) is 48.5 Å². The molecule has 7 nitrogen and oxygen atoms in total. The predicted octanol–water partition coefficient (Wildman–Crippen LogP) is 3.91. The molecule has 3 N–H and O–H groups in total. The number of benzene rings is 2. The molecule has 0 aliphatic carbocycles. The number of ether oxygens (including phenoxy) is 1. The first-order valence-electron chi connectivity index (χ1n) is 10.2. The number of nitrogens with one attached hydrogen (secondary N) is 1. The van der Waals surface area contributed by atoms with Gasteiger partial charge in [0.1, 0.15) is 29.9 Å². The van der Waals surface area contributed by atoms with E-state index in [1.165, 1.54) is 53.2 Å². The molecular weight excluding hydrogens is 454 g/mol. The van der Waals surface area contributed by atoms with E-state index in [4.69, 9.17) is 5.73 Å². The number of nitrogens with two attached hydrogens (primary N) is 1. The Hall–Kier alpha value is -3.91. The van der Waals surface area contributed by atoms with Crippen molar-refractivity contribution in [2.75, 3.05) is 18.9 Å². The fraction of sp³-hybridized carbons (Fsp3) is 0.261. The van der Waals surface area contributed by atoms with Crippen LogP contribution in [-0.2, 0) is 17.8 Å². The molecule has 34 heavy (non-hydrogen) atoms. The van der Waals surface area contributed by atoms with Crippen molar-refractivity contribution < 1.29 is 27.1 Å². The molecule has 0 saturated carbocycles. The Morgan fingerprint density at radius 3 is 2.44 bits per heavy atom. The van der Waals surface area contributed by atoms with Crippen molar-refractivity contribution in [2.24, 2.45) is 0 Å². The van der Waals surface area contributed by atoms with E-state index in [0.29, 0.717) is 41.9 Å². The molecule has 0 saturated heterocycles. The van der Waals surface area contributed by atoms with Crippen LogP contribution in [0.5, 0.6) is 0 Å². The molecule has 2 aromatic carbocycles. The van der Waals surface area contributed by atoms with Gasteiger partial charge < -0.3 is 15.8 Å². The van der Waals surface area contributed by atoms with Crippen LogP contribution in [0.25, 0.3) is 5.69 Å². The summed E-state index contributed by atoms with van der Waals surface area (Å²) in [5.41, 5.74) is 8.09. The van der Waals surface area contributed by atoms with Gasteiger partial charge in [0.05, 0.1) is 18.0 Å². The van der Waals surface area contributed by atoms with Crippen LogP contribution in [-0.4, -0.2) is 35.0 Å². The van der Waals surface area contributed by atoms with Crippen LogP contribution < -0.4 is 11.1 Å². The number of rotatable bonds is 9. The predicted molar refractivity (Wildman–Crippen MR) is 115 cm³/mol. The maximum atomic E-state index is 13.2. The van der Waals surface area contributed by atoms with Crippen molar-refractivity contribution in [1.82, 2.24) is 15.1 Å². The van der Waals surface area contributed by atoms with Crippen LogP contribution in [0, 0.1) is 17.1 Å². The number of hydrogen-bond donors (Lipinski definition) is 2. The van der Waals surface area contributed by atoms with E-state index in [1.54, 1.807) is 0 Å². The normalized spacial score (nSPS) is 11.3. The summed E-state index contributed by atoms with van der Waals surface area (Å²) in [6, 6.07) is 13.6. The molecule has 0 aliphatic heterocycles. The highest BCUT2D eigenvalue weighted by Crippen LogP contribution is 2.22. The third-order valence-electron chi connectivity index (χ3n) is 4.80. The summed E-state index contributed by atoms with van der Waals surface area (Å²) in [5.74, 6) is -0.609. The number of nitrogens with zero attached hydrogens (tertiary/aromatic N) is 3. The summed E-state index contributed by atoms with van der Waals surface area (Å²) in [4.78, 5) is 12.3. The zero-order valence-corrected chi connectivity index (χ0v) is 17.9. The number of nitrogen functional groups attached to an aromatic ring is 1. The van der Waals surface area contributed by atoms with Crippen LogP contribution in [0.2, 0.25) is 0 Å². The zero-order valence-electron chi connectivity index (χ0n) is 17.9. The second-order valence-corrected chi connectivity index (χ2v) is 7.37. The number of nitriles is 1. The van der Waals surface area contributed by atoms with Gasteiger partial charge in [0.15, 0.2) is 0 Å². The SMILES string of the molecule is N#Cc1c(CCCNC(=O)c2ccc(COCC(F)(F)F)cc2)nn(-c2ccc(F)cc2)c1N. The average molecular weight is 475 g/mol. The number of anilines is 1. The van der Waals surface area contributed by atoms with Gasteiger partial charge in [-0.3, -0.25) is 4.79 Å². The lowest BCUT2D eigenvalue weighted by atomic mass is 10.1. The molecular formula is C23H21F4N5O2. The summed E-state index contributed by atoms with van der Waals surface area (Å²) >= 11 is 0. The van der Waals surface area contributed by atoms with Gasteiger partial charge in [-0.15, -0.1) is 0 Å². The van der Waals surface area contributed by atoms with E-state index in [2.05, 4.69) is 15.2 Å². The topological polar surface area (TPSA) is 106 Å². The summed E-state index contributed by atoms with van der Waals surface area (Å²) in [5, 5.41) is 16.5. The average Bonchev–Trinajstić information content (AvgIpc) is 3.11. The standard InChI is InChI=1S/C23H21F4N5O2/c24-17-7-9-18(10-8-17)32-21(29)19(12-28)20(31-32)2-1-11-30-22(33)16-5-3-15(4-6-16)13-34-14-23(25,26)27/h3-10H,1-2,11,13-14,29H2,(H,30,33). The van der Waals surface area contributed by atoms with Crippen LogP contribution in [0.4, 0.5) is 23.4 Å². The number of carbonyl (C=O) groups is 1. The molecule has 1 aromatic heterocycles. The molecule has 0 spiro atoms. The minimum Gasteiger partial charge on any atom is -0.382 e. The highest BCUT2D eigenvalue weighted by Gasteiger charge is 2.27. The van der Waals surface area contributed by atoms with Crippen molar-refractivity contribution in [2.45, 2.75) is 25.6 Å². The van der Waals surface area contributed by atoms with E-state index in [0.717, 1.165) is 0 Å². The Balaban J connectivity index is 1.51. The Bertz CT molecular complexity index is 1170. The number of amides is 1. The molecule has 0 atom stereocenters. The zero-order chi connectivity index (χ0) is 24.7. The second-order valence-electron chi connectivity index (χ2n) is 7.37. The number of carbonyl (C=O) groups excluding carboxylic acids is 1. The Morgan fingerprint density at radius 1 is 1.15 bits per heavy atom. The van der Waals surface area contributed by atoms with Gasteiger partial charge in [0, 0.05) is 12.1 Å². The first-order chi connectivity index (χ1) is 16.2. The largest absolute Gasteiger partial charge is 0.411 e. The first kappa shape index (κ1) is 24.7. The van der Waals surface area contributed by atoms with Gasteiger partial charge in [-0.25, -0.2) is 9.07 Å². The lowest BCUT2D eigenvalue weighted by Gasteiger charge is -2.08. The Labute approximate surface area is 192 Å². The van der Waals surface area contributed by atoms with E-state index < -0.39 is 18.6 Å². The lowest BCUT2D eigenvalue weighted by molar-refractivity contribution is -0.176. The summed E-state index contributed by atoms with van der Waals surface area (Å²) in [6.45, 7) is -1.25. The summed E-state index contributed by atoms with van der Waals surface area (Å²) in [6.07, 6.45) is -3.54. The van der Waals surface area contributed by atoms with E-state index >= 15 is 0 Å². The minimum atomic E-state index is -4.39. The van der Waals surface area contributed by atoms with Crippen LogP contribution in [0.3, 0.4) is 0 Å². The van der Waals surface area contributed by atoms with Crippen molar-refractivity contribution in [1.29, 1.82) is 5.26 Å². The molecule has 3 rings (SSSR count). The fourth-order valence-corrected chi connectivity index (χ4v) is 3.15. The maximum absolute atomic E-state index is 13.2. The minimum absolute atomic E-state index is 0.146. The van der Waals surface area contributed by atoms with Gasteiger partial charge in [0.2, 0.25) is 0 Å². The highest BCUT2D eigenvalue weighted by molar-refractivity contribution is 5.94. The van der Waals surface area contributed by atoms with Crippen LogP contribution >= 0.6 is 0 Å². The smallest absolute Gasteiger partial charge is 0.382 e. The molecule has 11 heteroatoms. The van der Waals surface area contributed by atoms with Crippen molar-refractivity contribution in [3.63, 3.8) is 0 Å². The molecule has 1 amide bonds. The van der Waals surface area contributed by atoms with E-state index in [1.807, 2.05) is 6.07 Å².